The second kappa shape index (κ2) is 18.2. The third kappa shape index (κ3) is 11.8. The number of nitrogens with zero attached hydrogens (tertiary/aromatic N) is 2. The highest BCUT2D eigenvalue weighted by Gasteiger charge is 2.49. The zero-order valence-electron chi connectivity index (χ0n) is 28.7. The molecule has 3 rings (SSSR count). The first-order valence-corrected chi connectivity index (χ1v) is 17.4. The first-order chi connectivity index (χ1) is 21.4. The summed E-state index contributed by atoms with van der Waals surface area (Å²) in [4.78, 5) is 42.3. The van der Waals surface area contributed by atoms with E-state index in [0.29, 0.717) is 62.0 Å². The predicted molar refractivity (Wildman–Crippen MR) is 177 cm³/mol. The first-order valence-electron chi connectivity index (χ1n) is 17.4. The van der Waals surface area contributed by atoms with Gasteiger partial charge in [-0.3, -0.25) is 20.3 Å². The fourth-order valence-corrected chi connectivity index (χ4v) is 7.42. The number of hydrogen-bond donors (Lipinski definition) is 5. The summed E-state index contributed by atoms with van der Waals surface area (Å²) in [6, 6.07) is -0.713. The molecule has 1 aliphatic carbocycles. The van der Waals surface area contributed by atoms with Gasteiger partial charge in [0.2, 0.25) is 11.8 Å². The zero-order chi connectivity index (χ0) is 33.0. The number of carbonyl (C=O) groups is 2. The van der Waals surface area contributed by atoms with Gasteiger partial charge in [-0.25, -0.2) is 0 Å². The van der Waals surface area contributed by atoms with Crippen LogP contribution in [0.15, 0.2) is 5.29 Å². The van der Waals surface area contributed by atoms with Crippen LogP contribution in [0.1, 0.15) is 105 Å². The number of nitroso groups, excluding NO2 is 1. The highest BCUT2D eigenvalue weighted by atomic mass is 16.6. The van der Waals surface area contributed by atoms with E-state index < -0.39 is 13.2 Å². The Morgan fingerprint density at radius 1 is 1.16 bits per heavy atom. The molecule has 256 valence electrons. The van der Waals surface area contributed by atoms with Gasteiger partial charge in [-0.2, -0.15) is 0 Å². The summed E-state index contributed by atoms with van der Waals surface area (Å²) in [5.74, 6) is 1.71. The second-order valence-electron chi connectivity index (χ2n) is 14.7. The van der Waals surface area contributed by atoms with E-state index in [0.717, 1.165) is 38.3 Å². The van der Waals surface area contributed by atoms with Gasteiger partial charge >= 0.3 is 13.1 Å². The highest BCUT2D eigenvalue weighted by molar-refractivity contribution is 6.47. The van der Waals surface area contributed by atoms with Crippen molar-refractivity contribution in [3.05, 3.63) is 4.91 Å². The van der Waals surface area contributed by atoms with E-state index in [1.165, 1.54) is 25.7 Å². The Morgan fingerprint density at radius 3 is 2.53 bits per heavy atom. The Balaban J connectivity index is 1.57. The van der Waals surface area contributed by atoms with E-state index >= 15 is 0 Å². The molecule has 0 bridgehead atoms. The quantitative estimate of drug-likeness (QED) is 0.0382. The summed E-state index contributed by atoms with van der Waals surface area (Å²) in [6.07, 6.45) is 9.66. The van der Waals surface area contributed by atoms with Gasteiger partial charge in [0, 0.05) is 6.42 Å². The maximum Gasteiger partial charge on any atom is 0.481 e. The van der Waals surface area contributed by atoms with E-state index in [2.05, 4.69) is 72.9 Å². The van der Waals surface area contributed by atoms with Crippen LogP contribution < -0.4 is 26.8 Å². The number of likely N-dealkylation sites (tertiary alicyclic amines) is 1. The molecule has 5 atom stereocenters. The molecule has 45 heavy (non-hydrogen) atoms. The van der Waals surface area contributed by atoms with E-state index in [9.17, 15) is 14.5 Å². The van der Waals surface area contributed by atoms with Crippen molar-refractivity contribution in [1.29, 1.82) is 0 Å². The number of nitrogens with two attached hydrogens (primary N) is 1. The molecule has 12 nitrogen and oxygen atoms in total. The molecule has 2 heterocycles. The monoisotopic (exact) mass is 634 g/mol. The van der Waals surface area contributed by atoms with Gasteiger partial charge in [0.15, 0.2) is 0 Å². The third-order valence-corrected chi connectivity index (χ3v) is 10.5. The van der Waals surface area contributed by atoms with Crippen molar-refractivity contribution in [2.45, 2.75) is 123 Å². The van der Waals surface area contributed by atoms with E-state index in [1.54, 1.807) is 0 Å². The summed E-state index contributed by atoms with van der Waals surface area (Å²) in [5, 5.41) is 8.74. The van der Waals surface area contributed by atoms with Gasteiger partial charge in [-0.05, 0) is 107 Å². The van der Waals surface area contributed by atoms with Crippen molar-refractivity contribution in [2.24, 2.45) is 40.1 Å². The van der Waals surface area contributed by atoms with Crippen LogP contribution in [0, 0.1) is 34.0 Å². The maximum atomic E-state index is 13.7. The van der Waals surface area contributed by atoms with Gasteiger partial charge < -0.3 is 24.8 Å². The fourth-order valence-electron chi connectivity index (χ4n) is 7.42. The van der Waals surface area contributed by atoms with Gasteiger partial charge in [-0.15, -0.1) is 10.3 Å². The Labute approximate surface area is 271 Å². The molecule has 3 aliphatic rings. The van der Waals surface area contributed by atoms with Crippen LogP contribution in [0.3, 0.4) is 0 Å². The summed E-state index contributed by atoms with van der Waals surface area (Å²) in [7, 11) is 1.63. The van der Waals surface area contributed by atoms with E-state index in [-0.39, 0.29) is 29.8 Å². The smallest absolute Gasteiger partial charge is 0.407 e. The molecule has 2 saturated heterocycles. The number of piperidine rings is 1. The second-order valence-corrected chi connectivity index (χ2v) is 14.7. The first kappa shape index (κ1) is 37.2. The maximum absolute atomic E-state index is 13.7. The number of amides is 2. The molecule has 2 amide bonds. The minimum atomic E-state index is -0.713. The summed E-state index contributed by atoms with van der Waals surface area (Å²) < 4.78 is 12.6. The number of nitrogens with one attached hydrogen (secondary N) is 4. The zero-order valence-corrected chi connectivity index (χ0v) is 28.7. The molecular weight excluding hydrogens is 573 g/mol. The lowest BCUT2D eigenvalue weighted by Crippen LogP contribution is -2.78. The standard InChI is InChI=1S/C32H60BN7O5/c1-7-24-19-25(32(24,4)5)20-26-21-44-33(45-26)28(18-22(2)3)37-30(42)27(11-9-15-35-31(34)38-39-43)36-29(41)12-8-10-23-13-16-40(6)17-14-23/h22-28H,7-21H2,1-6H3,(H,36,41)(H,37,42)(H3,34,35,38,43)/p+1/t24-,25-,26+,27-,28-/m0/s1. The topological polar surface area (TPSA) is 161 Å². The summed E-state index contributed by atoms with van der Waals surface area (Å²) >= 11 is 0. The Morgan fingerprint density at radius 2 is 1.89 bits per heavy atom. The Bertz CT molecular complexity index is 976. The average molecular weight is 635 g/mol. The van der Waals surface area contributed by atoms with Gasteiger partial charge in [0.1, 0.15) is 11.3 Å². The summed E-state index contributed by atoms with van der Waals surface area (Å²) in [5.41, 5.74) is 8.09. The molecule has 3 fully saturated rings. The van der Waals surface area contributed by atoms with Gasteiger partial charge in [0.05, 0.1) is 25.2 Å². The number of hydrogen-bond acceptors (Lipinski definition) is 7. The summed E-state index contributed by atoms with van der Waals surface area (Å²) in [6.45, 7) is 14.4. The highest BCUT2D eigenvalue weighted by Crippen LogP contribution is 2.55. The normalized spacial score (nSPS) is 25.4. The minimum absolute atomic E-state index is 0.0194. The minimum Gasteiger partial charge on any atom is -0.407 e. The lowest BCUT2D eigenvalue weighted by molar-refractivity contribution is -0.461. The number of rotatable bonds is 18. The van der Waals surface area contributed by atoms with Crippen molar-refractivity contribution >= 4 is 24.9 Å². The number of guanidine groups is 1. The predicted octanol–water partition coefficient (Wildman–Crippen LogP) is 1.87. The van der Waals surface area contributed by atoms with E-state index in [4.69, 9.17) is 15.0 Å². The van der Waals surface area contributed by atoms with Gasteiger partial charge in [-0.1, -0.05) is 41.0 Å². The third-order valence-electron chi connectivity index (χ3n) is 10.5. The molecule has 0 unspecified atom stereocenters. The molecule has 1 saturated carbocycles. The largest absolute Gasteiger partial charge is 0.481 e. The molecule has 13 heteroatoms. The van der Waals surface area contributed by atoms with Crippen molar-refractivity contribution in [1.82, 2.24) is 21.0 Å². The van der Waals surface area contributed by atoms with Crippen LogP contribution in [0.25, 0.3) is 0 Å². The van der Waals surface area contributed by atoms with Crippen LogP contribution in [0.5, 0.6) is 0 Å². The van der Waals surface area contributed by atoms with Crippen molar-refractivity contribution in [3.63, 3.8) is 0 Å². The molecule has 2 aliphatic heterocycles. The van der Waals surface area contributed by atoms with E-state index in [1.807, 2.05) is 0 Å². The molecule has 6 N–H and O–H groups in total. The lowest BCUT2D eigenvalue weighted by atomic mass is 9.53. The lowest BCUT2D eigenvalue weighted by Gasteiger charge is -2.53. The molecule has 0 spiro atoms. The Kier molecular flexibility index (Phi) is 15.0. The van der Waals surface area contributed by atoms with Gasteiger partial charge in [0.25, 0.3) is 0 Å². The molecule has 0 aromatic heterocycles. The average Bonchev–Trinajstić information content (AvgIpc) is 3.46. The molecular formula is C32H61BN7O5+. The SMILES string of the molecule is CC[C@H]1C[C@@H](C[C@@H]2COB([C@H](CC(C)C)NC(=O)[C@H](CCC[NH+]=C(N)NN=O)NC(=O)CCCC3CCN(C)CC3)O2)C1(C)C. The Hall–Kier alpha value is -2.25. The van der Waals surface area contributed by atoms with Crippen LogP contribution in [-0.2, 0) is 18.9 Å². The van der Waals surface area contributed by atoms with Crippen LogP contribution in [-0.4, -0.2) is 81.2 Å². The number of carbonyl (C=O) groups excluding carboxylic acids is 2. The van der Waals surface area contributed by atoms with Crippen molar-refractivity contribution in [2.75, 3.05) is 33.3 Å². The molecule has 0 aromatic carbocycles. The molecule has 0 radical (unpaired) electrons. The van der Waals surface area contributed by atoms with Crippen LogP contribution in [0.2, 0.25) is 0 Å². The van der Waals surface area contributed by atoms with Crippen molar-refractivity contribution in [3.8, 4) is 0 Å². The van der Waals surface area contributed by atoms with Crippen molar-refractivity contribution < 1.29 is 23.9 Å². The fraction of sp³-hybridized carbons (Fsp3) is 0.906. The van der Waals surface area contributed by atoms with Crippen LogP contribution in [0.4, 0.5) is 0 Å². The molecule has 0 aromatic rings. The van der Waals surface area contributed by atoms with Crippen LogP contribution >= 0.6 is 0 Å².